The first kappa shape index (κ1) is 12.7. The molecule has 0 amide bonds. The fourth-order valence-electron chi connectivity index (χ4n) is 2.15. The number of benzene rings is 2. The van der Waals surface area contributed by atoms with Gasteiger partial charge in [0.25, 0.3) is 0 Å². The first-order valence-electron chi connectivity index (χ1n) is 6.35. The van der Waals surface area contributed by atoms with Crippen molar-refractivity contribution in [1.82, 2.24) is 0 Å². The summed E-state index contributed by atoms with van der Waals surface area (Å²) in [4.78, 5) is 2.60. The van der Waals surface area contributed by atoms with E-state index in [0.29, 0.717) is 0 Å². The van der Waals surface area contributed by atoms with Crippen LogP contribution in [0.25, 0.3) is 20.5 Å². The molecule has 3 aromatic rings. The smallest absolute Gasteiger partial charge is 0.142 e. The molecule has 0 aliphatic carbocycles. The second-order valence-electron chi connectivity index (χ2n) is 4.40. The zero-order valence-corrected chi connectivity index (χ0v) is 12.5. The third-order valence-electron chi connectivity index (χ3n) is 3.07. The number of fused-ring (bicyclic) bond motifs is 1. The van der Waals surface area contributed by atoms with Gasteiger partial charge < -0.3 is 5.73 Å². The number of thioether (sulfide) groups is 1. The first-order valence-corrected chi connectivity index (χ1v) is 8.16. The molecule has 0 atom stereocenters. The van der Waals surface area contributed by atoms with E-state index in [1.807, 2.05) is 23.1 Å². The minimum Gasteiger partial charge on any atom is -0.324 e. The predicted octanol–water partition coefficient (Wildman–Crippen LogP) is 4.55. The van der Waals surface area contributed by atoms with Gasteiger partial charge in [-0.3, -0.25) is 0 Å². The molecule has 1 nitrogen and oxygen atoms in total. The second kappa shape index (κ2) is 5.37. The topological polar surface area (TPSA) is 27.6 Å². The van der Waals surface area contributed by atoms with E-state index in [4.69, 9.17) is 0 Å². The van der Waals surface area contributed by atoms with Crippen LogP contribution in [0, 0.1) is 0 Å². The Kier molecular flexibility index (Phi) is 3.60. The Bertz CT molecular complexity index is 683. The lowest BCUT2D eigenvalue weighted by Crippen LogP contribution is -2.40. The van der Waals surface area contributed by atoms with Gasteiger partial charge in [0.05, 0.1) is 4.90 Å². The van der Waals surface area contributed by atoms with Crippen molar-refractivity contribution in [3.8, 4) is 10.4 Å². The summed E-state index contributed by atoms with van der Waals surface area (Å²) in [5.74, 6) is 1.09. The highest BCUT2D eigenvalue weighted by Crippen LogP contribution is 2.35. The number of rotatable bonds is 3. The Hall–Kier alpha value is -1.29. The van der Waals surface area contributed by atoms with Gasteiger partial charge >= 0.3 is 0 Å². The predicted molar refractivity (Wildman–Crippen MR) is 86.2 cm³/mol. The van der Waals surface area contributed by atoms with Crippen LogP contribution >= 0.6 is 23.1 Å². The number of quaternary nitrogens is 1. The van der Waals surface area contributed by atoms with Gasteiger partial charge in [0.1, 0.15) is 5.69 Å². The summed E-state index contributed by atoms with van der Waals surface area (Å²) < 4.78 is 1.34. The molecule has 0 unspecified atom stereocenters. The monoisotopic (exact) mass is 286 g/mol. The largest absolute Gasteiger partial charge is 0.324 e. The van der Waals surface area contributed by atoms with E-state index in [-0.39, 0.29) is 0 Å². The van der Waals surface area contributed by atoms with Crippen molar-refractivity contribution in [2.75, 3.05) is 5.75 Å². The van der Waals surface area contributed by atoms with E-state index in [1.165, 1.54) is 25.4 Å². The van der Waals surface area contributed by atoms with Gasteiger partial charge in [-0.05, 0) is 34.9 Å². The Morgan fingerprint density at radius 2 is 1.95 bits per heavy atom. The Morgan fingerprint density at radius 3 is 2.68 bits per heavy atom. The average Bonchev–Trinajstić information content (AvgIpc) is 2.85. The van der Waals surface area contributed by atoms with Crippen molar-refractivity contribution in [1.29, 1.82) is 0 Å². The molecule has 1 heterocycles. The van der Waals surface area contributed by atoms with Crippen LogP contribution in [0.5, 0.6) is 0 Å². The molecule has 2 aromatic carbocycles. The van der Waals surface area contributed by atoms with Crippen LogP contribution < -0.4 is 5.73 Å². The summed E-state index contributed by atoms with van der Waals surface area (Å²) in [5.41, 5.74) is 6.56. The fraction of sp³-hybridized carbons (Fsp3) is 0.125. The van der Waals surface area contributed by atoms with E-state index in [2.05, 4.69) is 61.2 Å². The summed E-state index contributed by atoms with van der Waals surface area (Å²) in [7, 11) is 0. The van der Waals surface area contributed by atoms with Gasteiger partial charge in [0.15, 0.2) is 0 Å². The molecule has 0 bridgehead atoms. The second-order valence-corrected chi connectivity index (χ2v) is 6.79. The van der Waals surface area contributed by atoms with Gasteiger partial charge in [-0.25, -0.2) is 0 Å². The third-order valence-corrected chi connectivity index (χ3v) is 5.23. The van der Waals surface area contributed by atoms with Crippen molar-refractivity contribution >= 4 is 38.9 Å². The summed E-state index contributed by atoms with van der Waals surface area (Å²) in [6, 6.07) is 17.4. The molecular weight excluding hydrogens is 270 g/mol. The molecule has 3 heteroatoms. The Morgan fingerprint density at radius 1 is 1.11 bits per heavy atom. The molecule has 0 radical (unpaired) electrons. The maximum Gasteiger partial charge on any atom is 0.142 e. The highest BCUT2D eigenvalue weighted by atomic mass is 32.2. The van der Waals surface area contributed by atoms with Crippen LogP contribution in [0.4, 0.5) is 5.69 Å². The Labute approximate surface area is 121 Å². The lowest BCUT2D eigenvalue weighted by atomic mass is 10.1. The molecule has 0 aliphatic rings. The summed E-state index contributed by atoms with van der Waals surface area (Å²) in [6.45, 7) is 2.17. The highest BCUT2D eigenvalue weighted by Gasteiger charge is 2.08. The molecule has 96 valence electrons. The molecule has 0 saturated carbocycles. The third kappa shape index (κ3) is 2.54. The molecule has 1 aromatic heterocycles. The van der Waals surface area contributed by atoms with E-state index >= 15 is 0 Å². The van der Waals surface area contributed by atoms with Crippen molar-refractivity contribution in [3.05, 3.63) is 48.5 Å². The number of hydrogen-bond donors (Lipinski definition) is 1. The van der Waals surface area contributed by atoms with Gasteiger partial charge in [-0.15, -0.1) is 23.1 Å². The Balaban J connectivity index is 2.03. The van der Waals surface area contributed by atoms with Crippen LogP contribution in [-0.2, 0) is 0 Å². The van der Waals surface area contributed by atoms with Crippen LogP contribution in [0.2, 0.25) is 0 Å². The van der Waals surface area contributed by atoms with E-state index in [1.54, 1.807) is 0 Å². The lowest BCUT2D eigenvalue weighted by molar-refractivity contribution is -0.258. The van der Waals surface area contributed by atoms with Gasteiger partial charge in [0, 0.05) is 15.6 Å². The summed E-state index contributed by atoms with van der Waals surface area (Å²) >= 11 is 3.70. The minimum atomic E-state index is 1.09. The van der Waals surface area contributed by atoms with Crippen LogP contribution in [-0.4, -0.2) is 5.75 Å². The van der Waals surface area contributed by atoms with E-state index in [9.17, 15) is 0 Å². The maximum atomic E-state index is 4.16. The number of hydrogen-bond acceptors (Lipinski definition) is 2. The highest BCUT2D eigenvalue weighted by molar-refractivity contribution is 7.99. The average molecular weight is 286 g/mol. The summed E-state index contributed by atoms with van der Waals surface area (Å²) in [5, 5.41) is 1.32. The molecular formula is C16H16NS2+. The van der Waals surface area contributed by atoms with Gasteiger partial charge in [-0.1, -0.05) is 31.2 Å². The summed E-state index contributed by atoms with van der Waals surface area (Å²) in [6.07, 6.45) is 0. The maximum absolute atomic E-state index is 4.16. The van der Waals surface area contributed by atoms with Crippen LogP contribution in [0.15, 0.2) is 53.4 Å². The van der Waals surface area contributed by atoms with Crippen LogP contribution in [0.1, 0.15) is 6.92 Å². The van der Waals surface area contributed by atoms with Crippen molar-refractivity contribution in [2.45, 2.75) is 11.8 Å². The quantitative estimate of drug-likeness (QED) is 0.703. The van der Waals surface area contributed by atoms with Gasteiger partial charge in [-0.2, -0.15) is 0 Å². The van der Waals surface area contributed by atoms with Crippen molar-refractivity contribution in [3.63, 3.8) is 0 Å². The molecule has 3 N–H and O–H groups in total. The standard InChI is InChI=1S/C16H15NS2/c1-2-18-15-8-7-12(9-13(15)17)16-10-11-5-3-4-6-14(11)19-16/h3-10H,2,17H2,1H3/p+1. The SMILES string of the molecule is CCSc1ccc(-c2cc3ccccc3s2)cc1[NH3+]. The van der Waals surface area contributed by atoms with Crippen LogP contribution in [0.3, 0.4) is 0 Å². The molecule has 3 rings (SSSR count). The molecule has 0 saturated heterocycles. The fourth-order valence-corrected chi connectivity index (χ4v) is 3.93. The van der Waals surface area contributed by atoms with Crippen molar-refractivity contribution < 1.29 is 5.73 Å². The zero-order valence-electron chi connectivity index (χ0n) is 10.8. The van der Waals surface area contributed by atoms with Crippen molar-refractivity contribution in [2.24, 2.45) is 0 Å². The molecule has 0 spiro atoms. The molecule has 0 aliphatic heterocycles. The molecule has 19 heavy (non-hydrogen) atoms. The first-order chi connectivity index (χ1) is 9.28. The lowest BCUT2D eigenvalue weighted by Gasteiger charge is -2.02. The molecule has 0 fully saturated rings. The van der Waals surface area contributed by atoms with E-state index in [0.717, 1.165) is 11.4 Å². The zero-order chi connectivity index (χ0) is 13.2. The number of thiophene rings is 1. The normalized spacial score (nSPS) is 11.1. The van der Waals surface area contributed by atoms with E-state index < -0.39 is 0 Å². The van der Waals surface area contributed by atoms with Gasteiger partial charge in [0.2, 0.25) is 0 Å². The minimum absolute atomic E-state index is 1.09.